The lowest BCUT2D eigenvalue weighted by Crippen LogP contribution is -2.31. The summed E-state index contributed by atoms with van der Waals surface area (Å²) in [6.07, 6.45) is 2.99. The van der Waals surface area contributed by atoms with Crippen molar-refractivity contribution in [2.45, 2.75) is 39.3 Å². The van der Waals surface area contributed by atoms with Crippen LogP contribution in [-0.2, 0) is 19.5 Å². The third-order valence-corrected chi connectivity index (χ3v) is 4.14. The molecule has 0 bridgehead atoms. The average molecular weight is 383 g/mol. The molecule has 0 aromatic carbocycles. The van der Waals surface area contributed by atoms with Crippen LogP contribution in [-0.4, -0.2) is 21.4 Å². The van der Waals surface area contributed by atoms with E-state index in [-0.39, 0.29) is 0 Å². The highest BCUT2D eigenvalue weighted by Crippen LogP contribution is 2.21. The molecule has 1 aliphatic rings. The molecule has 0 N–H and O–H groups in total. The van der Waals surface area contributed by atoms with Gasteiger partial charge >= 0.3 is 0 Å². The normalized spacial score (nSPS) is 15.6. The van der Waals surface area contributed by atoms with Gasteiger partial charge in [0.05, 0.1) is 6.54 Å². The van der Waals surface area contributed by atoms with Crippen LogP contribution in [0, 0.1) is 3.77 Å². The Labute approximate surface area is 132 Å². The van der Waals surface area contributed by atoms with E-state index in [9.17, 15) is 0 Å². The minimum absolute atomic E-state index is 0.392. The predicted octanol–water partition coefficient (Wildman–Crippen LogP) is 3.36. The standard InChI is InChI=1S/C15H18IN3O/c1-10(2)15-17-7-11-8-19(6-5-13(11)18-15)9-12-3-4-14(16)20-12/h3-4,7,10H,5-6,8-9H2,1-2H3. The zero-order valence-electron chi connectivity index (χ0n) is 11.8. The average Bonchev–Trinajstić information content (AvgIpc) is 2.83. The molecule has 1 aliphatic heterocycles. The fraction of sp³-hybridized carbons (Fsp3) is 0.467. The summed E-state index contributed by atoms with van der Waals surface area (Å²) in [7, 11) is 0. The lowest BCUT2D eigenvalue weighted by molar-refractivity contribution is 0.221. The number of halogens is 1. The van der Waals surface area contributed by atoms with Crippen LogP contribution in [0.4, 0.5) is 0 Å². The molecule has 0 unspecified atom stereocenters. The van der Waals surface area contributed by atoms with E-state index in [1.165, 1.54) is 11.3 Å². The molecule has 0 saturated heterocycles. The van der Waals surface area contributed by atoms with Crippen LogP contribution in [0.25, 0.3) is 0 Å². The summed E-state index contributed by atoms with van der Waals surface area (Å²) in [6.45, 7) is 7.06. The Kier molecular flexibility index (Phi) is 4.07. The summed E-state index contributed by atoms with van der Waals surface area (Å²) in [6, 6.07) is 4.06. The van der Waals surface area contributed by atoms with Gasteiger partial charge in [-0.05, 0) is 34.7 Å². The highest BCUT2D eigenvalue weighted by atomic mass is 127. The molecule has 0 atom stereocenters. The van der Waals surface area contributed by atoms with Crippen LogP contribution in [0.1, 0.15) is 42.6 Å². The molecule has 0 saturated carbocycles. The van der Waals surface area contributed by atoms with Crippen LogP contribution in [0.15, 0.2) is 22.7 Å². The van der Waals surface area contributed by atoms with E-state index in [2.05, 4.69) is 52.4 Å². The number of furan rings is 1. The van der Waals surface area contributed by atoms with Crippen molar-refractivity contribution in [2.75, 3.05) is 6.54 Å². The minimum Gasteiger partial charge on any atom is -0.454 e. The first-order chi connectivity index (χ1) is 9.61. The zero-order valence-corrected chi connectivity index (χ0v) is 13.9. The molecular weight excluding hydrogens is 365 g/mol. The number of fused-ring (bicyclic) bond motifs is 1. The molecule has 0 amide bonds. The summed E-state index contributed by atoms with van der Waals surface area (Å²) < 4.78 is 6.58. The maximum absolute atomic E-state index is 5.64. The van der Waals surface area contributed by atoms with E-state index < -0.39 is 0 Å². The van der Waals surface area contributed by atoms with Crippen LogP contribution in [0.2, 0.25) is 0 Å². The van der Waals surface area contributed by atoms with Gasteiger partial charge in [-0.15, -0.1) is 0 Å². The first kappa shape index (κ1) is 14.0. The molecule has 0 aliphatic carbocycles. The number of nitrogens with zero attached hydrogens (tertiary/aromatic N) is 3. The lowest BCUT2D eigenvalue weighted by atomic mass is 10.1. The monoisotopic (exact) mass is 383 g/mol. The van der Waals surface area contributed by atoms with Crippen LogP contribution < -0.4 is 0 Å². The van der Waals surface area contributed by atoms with Crippen molar-refractivity contribution in [1.82, 2.24) is 14.9 Å². The SMILES string of the molecule is CC(C)c1ncc2c(n1)CCN(Cc1ccc(I)o1)C2. The highest BCUT2D eigenvalue weighted by molar-refractivity contribution is 14.1. The molecule has 3 rings (SSSR count). The van der Waals surface area contributed by atoms with E-state index in [4.69, 9.17) is 9.40 Å². The Hall–Kier alpha value is -0.950. The van der Waals surface area contributed by atoms with E-state index in [1.807, 2.05) is 12.3 Å². The van der Waals surface area contributed by atoms with Gasteiger partial charge in [0.15, 0.2) is 3.77 Å². The topological polar surface area (TPSA) is 42.2 Å². The van der Waals surface area contributed by atoms with Gasteiger partial charge in [0.1, 0.15) is 11.6 Å². The Morgan fingerprint density at radius 3 is 2.95 bits per heavy atom. The van der Waals surface area contributed by atoms with E-state index >= 15 is 0 Å². The Morgan fingerprint density at radius 2 is 2.25 bits per heavy atom. The van der Waals surface area contributed by atoms with E-state index in [1.54, 1.807) is 0 Å². The molecule has 2 aromatic heterocycles. The maximum atomic E-state index is 5.64. The summed E-state index contributed by atoms with van der Waals surface area (Å²) in [5.74, 6) is 2.37. The number of hydrogen-bond donors (Lipinski definition) is 0. The molecular formula is C15H18IN3O. The van der Waals surface area contributed by atoms with Crippen molar-refractivity contribution >= 4 is 22.6 Å². The second kappa shape index (κ2) is 5.81. The van der Waals surface area contributed by atoms with Gasteiger partial charge in [0, 0.05) is 42.9 Å². The molecule has 0 fully saturated rings. The third-order valence-electron chi connectivity index (χ3n) is 3.56. The lowest BCUT2D eigenvalue weighted by Gasteiger charge is -2.27. The van der Waals surface area contributed by atoms with Crippen LogP contribution in [0.5, 0.6) is 0 Å². The van der Waals surface area contributed by atoms with Gasteiger partial charge in [-0.3, -0.25) is 4.90 Å². The van der Waals surface area contributed by atoms with Gasteiger partial charge in [-0.2, -0.15) is 0 Å². The van der Waals surface area contributed by atoms with Gasteiger partial charge in [0.25, 0.3) is 0 Å². The summed E-state index contributed by atoms with van der Waals surface area (Å²) in [5.41, 5.74) is 2.47. The first-order valence-corrected chi connectivity index (χ1v) is 8.01. The minimum atomic E-state index is 0.392. The summed E-state index contributed by atoms with van der Waals surface area (Å²) >= 11 is 2.20. The van der Waals surface area contributed by atoms with Crippen molar-refractivity contribution in [2.24, 2.45) is 0 Å². The van der Waals surface area contributed by atoms with Crippen molar-refractivity contribution in [3.05, 3.63) is 44.9 Å². The number of hydrogen-bond acceptors (Lipinski definition) is 4. The van der Waals surface area contributed by atoms with Crippen LogP contribution >= 0.6 is 22.6 Å². The fourth-order valence-corrected chi connectivity index (χ4v) is 2.92. The van der Waals surface area contributed by atoms with E-state index in [0.717, 1.165) is 41.4 Å². The maximum Gasteiger partial charge on any atom is 0.164 e. The van der Waals surface area contributed by atoms with Crippen molar-refractivity contribution in [3.8, 4) is 0 Å². The van der Waals surface area contributed by atoms with Gasteiger partial charge in [0.2, 0.25) is 0 Å². The van der Waals surface area contributed by atoms with Gasteiger partial charge < -0.3 is 4.42 Å². The quantitative estimate of drug-likeness (QED) is 0.763. The molecule has 5 heteroatoms. The predicted molar refractivity (Wildman–Crippen MR) is 85.4 cm³/mol. The Bertz CT molecular complexity index is 609. The smallest absolute Gasteiger partial charge is 0.164 e. The van der Waals surface area contributed by atoms with Gasteiger partial charge in [-0.1, -0.05) is 13.8 Å². The summed E-state index contributed by atoms with van der Waals surface area (Å²) in [4.78, 5) is 11.6. The Morgan fingerprint density at radius 1 is 1.40 bits per heavy atom. The molecule has 2 aromatic rings. The fourth-order valence-electron chi connectivity index (χ4n) is 2.46. The number of rotatable bonds is 3. The largest absolute Gasteiger partial charge is 0.454 e. The molecule has 4 nitrogen and oxygen atoms in total. The zero-order chi connectivity index (χ0) is 14.1. The molecule has 0 radical (unpaired) electrons. The Balaban J connectivity index is 1.72. The van der Waals surface area contributed by atoms with Crippen molar-refractivity contribution in [1.29, 1.82) is 0 Å². The summed E-state index contributed by atoms with van der Waals surface area (Å²) in [5, 5.41) is 0. The van der Waals surface area contributed by atoms with Crippen molar-refractivity contribution < 1.29 is 4.42 Å². The highest BCUT2D eigenvalue weighted by Gasteiger charge is 2.19. The molecule has 106 valence electrons. The molecule has 0 spiro atoms. The second-order valence-electron chi connectivity index (χ2n) is 5.52. The van der Waals surface area contributed by atoms with Crippen molar-refractivity contribution in [3.63, 3.8) is 0 Å². The second-order valence-corrected chi connectivity index (χ2v) is 6.58. The van der Waals surface area contributed by atoms with Crippen LogP contribution in [0.3, 0.4) is 0 Å². The molecule has 20 heavy (non-hydrogen) atoms. The molecule has 3 heterocycles. The third kappa shape index (κ3) is 3.03. The van der Waals surface area contributed by atoms with Gasteiger partial charge in [-0.25, -0.2) is 9.97 Å². The van der Waals surface area contributed by atoms with E-state index in [0.29, 0.717) is 5.92 Å². The number of aromatic nitrogens is 2. The first-order valence-electron chi connectivity index (χ1n) is 6.93.